The van der Waals surface area contributed by atoms with Crippen molar-refractivity contribution in [3.05, 3.63) is 104 Å². The first-order chi connectivity index (χ1) is 16.4. The van der Waals surface area contributed by atoms with E-state index in [-0.39, 0.29) is 17.1 Å². The summed E-state index contributed by atoms with van der Waals surface area (Å²) in [6, 6.07) is 17.6. The van der Waals surface area contributed by atoms with Gasteiger partial charge in [-0.25, -0.2) is 0 Å². The van der Waals surface area contributed by atoms with E-state index in [0.717, 1.165) is 11.1 Å². The molecule has 1 unspecified atom stereocenters. The molecule has 0 aliphatic carbocycles. The van der Waals surface area contributed by atoms with E-state index in [9.17, 15) is 9.59 Å². The van der Waals surface area contributed by atoms with E-state index in [1.807, 2.05) is 43.3 Å². The Labute approximate surface area is 201 Å². The Morgan fingerprint density at radius 3 is 2.41 bits per heavy atom. The minimum absolute atomic E-state index is 0.0509. The van der Waals surface area contributed by atoms with Gasteiger partial charge in [0.1, 0.15) is 5.58 Å². The van der Waals surface area contributed by atoms with Crippen LogP contribution in [0.4, 0.5) is 0 Å². The average molecular weight is 476 g/mol. The number of carbonyl (C=O) groups excluding carboxylic acids is 1. The summed E-state index contributed by atoms with van der Waals surface area (Å²) < 4.78 is 16.9. The molecule has 5 rings (SSSR count). The fourth-order valence-corrected chi connectivity index (χ4v) is 4.62. The third-order valence-electron chi connectivity index (χ3n) is 6.17. The number of aryl methyl sites for hydroxylation is 1. The number of hydrogen-bond donors (Lipinski definition) is 0. The summed E-state index contributed by atoms with van der Waals surface area (Å²) in [4.78, 5) is 29.0. The van der Waals surface area contributed by atoms with Crippen molar-refractivity contribution in [1.82, 2.24) is 4.90 Å². The van der Waals surface area contributed by atoms with E-state index in [1.54, 1.807) is 43.4 Å². The van der Waals surface area contributed by atoms with Gasteiger partial charge in [0.15, 0.2) is 16.9 Å². The van der Waals surface area contributed by atoms with Crippen LogP contribution in [0.3, 0.4) is 0 Å². The molecule has 34 heavy (non-hydrogen) atoms. The van der Waals surface area contributed by atoms with E-state index < -0.39 is 6.04 Å². The van der Waals surface area contributed by atoms with Crippen LogP contribution in [0.1, 0.15) is 38.9 Å². The van der Waals surface area contributed by atoms with Gasteiger partial charge in [-0.2, -0.15) is 0 Å². The van der Waals surface area contributed by atoms with E-state index in [0.29, 0.717) is 45.2 Å². The summed E-state index contributed by atoms with van der Waals surface area (Å²) >= 11 is 6.31. The van der Waals surface area contributed by atoms with Crippen molar-refractivity contribution >= 4 is 28.5 Å². The molecule has 1 aromatic heterocycles. The van der Waals surface area contributed by atoms with Gasteiger partial charge in [-0.1, -0.05) is 48.0 Å². The van der Waals surface area contributed by atoms with E-state index in [2.05, 4.69) is 0 Å². The number of hydrogen-bond acceptors (Lipinski definition) is 5. The number of fused-ring (bicyclic) bond motifs is 2. The molecule has 0 fully saturated rings. The standard InChI is InChI=1S/C27H22ClNO5/c1-15-11-21-18(13-19(15)28)25(30)23-24(17-9-10-20(32-2)22(12-17)33-3)29(27(31)26(23)34-21)14-16-7-5-4-6-8-16/h4-13,24H,14H2,1-3H3. The second kappa shape index (κ2) is 8.54. The highest BCUT2D eigenvalue weighted by Crippen LogP contribution is 2.42. The molecule has 0 saturated heterocycles. The van der Waals surface area contributed by atoms with Crippen LogP contribution in [-0.4, -0.2) is 25.0 Å². The van der Waals surface area contributed by atoms with Crippen LogP contribution >= 0.6 is 11.6 Å². The number of benzene rings is 3. The molecule has 4 aromatic rings. The van der Waals surface area contributed by atoms with Crippen molar-refractivity contribution in [1.29, 1.82) is 0 Å². The molecule has 0 bridgehead atoms. The smallest absolute Gasteiger partial charge is 0.291 e. The summed E-state index contributed by atoms with van der Waals surface area (Å²) in [5, 5.41) is 0.807. The molecule has 1 amide bonds. The third-order valence-corrected chi connectivity index (χ3v) is 6.57. The molecule has 0 radical (unpaired) electrons. The van der Waals surface area contributed by atoms with Crippen molar-refractivity contribution in [2.75, 3.05) is 14.2 Å². The van der Waals surface area contributed by atoms with Gasteiger partial charge < -0.3 is 18.8 Å². The molecule has 1 atom stereocenters. The number of halogens is 1. The molecule has 0 spiro atoms. The highest BCUT2D eigenvalue weighted by molar-refractivity contribution is 6.32. The van der Waals surface area contributed by atoms with Gasteiger partial charge >= 0.3 is 0 Å². The topological polar surface area (TPSA) is 69.0 Å². The van der Waals surface area contributed by atoms with Crippen molar-refractivity contribution in [2.24, 2.45) is 0 Å². The zero-order valence-corrected chi connectivity index (χ0v) is 19.7. The van der Waals surface area contributed by atoms with Crippen LogP contribution in [0, 0.1) is 6.92 Å². The molecule has 0 saturated carbocycles. The SMILES string of the molecule is COc1ccc(C2c3c(oc4cc(C)c(Cl)cc4c3=O)C(=O)N2Cc2ccccc2)cc1OC. The van der Waals surface area contributed by atoms with E-state index >= 15 is 0 Å². The quantitative estimate of drug-likeness (QED) is 0.380. The minimum atomic E-state index is -0.664. The Kier molecular flexibility index (Phi) is 5.54. The lowest BCUT2D eigenvalue weighted by atomic mass is 9.97. The first-order valence-electron chi connectivity index (χ1n) is 10.8. The lowest BCUT2D eigenvalue weighted by molar-refractivity contribution is 0.0714. The van der Waals surface area contributed by atoms with Crippen molar-refractivity contribution in [2.45, 2.75) is 19.5 Å². The predicted molar refractivity (Wildman–Crippen MR) is 130 cm³/mol. The highest BCUT2D eigenvalue weighted by Gasteiger charge is 2.43. The van der Waals surface area contributed by atoms with E-state index in [4.69, 9.17) is 25.5 Å². The number of methoxy groups -OCH3 is 2. The van der Waals surface area contributed by atoms with Crippen LogP contribution in [0.2, 0.25) is 5.02 Å². The highest BCUT2D eigenvalue weighted by atomic mass is 35.5. The zero-order chi connectivity index (χ0) is 24.0. The molecule has 172 valence electrons. The molecule has 1 aliphatic heterocycles. The zero-order valence-electron chi connectivity index (χ0n) is 18.9. The Bertz CT molecular complexity index is 1480. The number of carbonyl (C=O) groups is 1. The number of rotatable bonds is 5. The molecule has 3 aromatic carbocycles. The second-order valence-electron chi connectivity index (χ2n) is 8.21. The van der Waals surface area contributed by atoms with Crippen LogP contribution < -0.4 is 14.9 Å². The minimum Gasteiger partial charge on any atom is -0.493 e. The molecule has 7 heteroatoms. The van der Waals surface area contributed by atoms with Gasteiger partial charge in [0.05, 0.1) is 31.2 Å². The van der Waals surface area contributed by atoms with Gasteiger partial charge in [0.2, 0.25) is 5.76 Å². The van der Waals surface area contributed by atoms with Gasteiger partial charge in [-0.15, -0.1) is 0 Å². The molecule has 1 aliphatic rings. The Balaban J connectivity index is 1.75. The molecule has 6 nitrogen and oxygen atoms in total. The first-order valence-corrected chi connectivity index (χ1v) is 11.1. The van der Waals surface area contributed by atoms with Gasteiger partial charge in [-0.05, 0) is 47.9 Å². The van der Waals surface area contributed by atoms with Gasteiger partial charge in [0, 0.05) is 11.6 Å². The van der Waals surface area contributed by atoms with Gasteiger partial charge in [-0.3, -0.25) is 9.59 Å². The maximum Gasteiger partial charge on any atom is 0.291 e. The Hall–Kier alpha value is -3.77. The van der Waals surface area contributed by atoms with Crippen molar-refractivity contribution in [3.8, 4) is 11.5 Å². The molecular formula is C27H22ClNO5. The van der Waals surface area contributed by atoms with Gasteiger partial charge in [0.25, 0.3) is 5.91 Å². The van der Waals surface area contributed by atoms with Crippen LogP contribution in [0.5, 0.6) is 11.5 Å². The normalized spacial score (nSPS) is 15.0. The van der Waals surface area contributed by atoms with Crippen molar-refractivity contribution < 1.29 is 18.7 Å². The monoisotopic (exact) mass is 475 g/mol. The molecule has 0 N–H and O–H groups in total. The Morgan fingerprint density at radius 2 is 1.71 bits per heavy atom. The summed E-state index contributed by atoms with van der Waals surface area (Å²) in [6.45, 7) is 2.13. The average Bonchev–Trinajstić information content (AvgIpc) is 3.12. The van der Waals surface area contributed by atoms with Crippen LogP contribution in [0.15, 0.2) is 69.9 Å². The summed E-state index contributed by atoms with van der Waals surface area (Å²) in [7, 11) is 3.10. The fourth-order valence-electron chi connectivity index (χ4n) is 4.45. The molecular weight excluding hydrogens is 454 g/mol. The van der Waals surface area contributed by atoms with Crippen molar-refractivity contribution in [3.63, 3.8) is 0 Å². The largest absolute Gasteiger partial charge is 0.493 e. The van der Waals surface area contributed by atoms with Crippen LogP contribution in [-0.2, 0) is 6.54 Å². The predicted octanol–water partition coefficient (Wildman–Crippen LogP) is 5.52. The van der Waals surface area contributed by atoms with E-state index in [1.165, 1.54) is 0 Å². The Morgan fingerprint density at radius 1 is 0.971 bits per heavy atom. The second-order valence-corrected chi connectivity index (χ2v) is 8.61. The number of amides is 1. The van der Waals surface area contributed by atoms with Crippen LogP contribution in [0.25, 0.3) is 11.0 Å². The maximum absolute atomic E-state index is 13.7. The number of nitrogens with zero attached hydrogens (tertiary/aromatic N) is 1. The third kappa shape index (κ3) is 3.51. The lowest BCUT2D eigenvalue weighted by Gasteiger charge is -2.26. The first kappa shape index (κ1) is 22.0. The maximum atomic E-state index is 13.7. The lowest BCUT2D eigenvalue weighted by Crippen LogP contribution is -2.29. The summed E-state index contributed by atoms with van der Waals surface area (Å²) in [5.41, 5.74) is 2.77. The number of ether oxygens (including phenoxy) is 2. The fraction of sp³-hybridized carbons (Fsp3) is 0.185. The summed E-state index contributed by atoms with van der Waals surface area (Å²) in [5.74, 6) is 0.766. The molecule has 2 heterocycles. The summed E-state index contributed by atoms with van der Waals surface area (Å²) in [6.07, 6.45) is 0.